The highest BCUT2D eigenvalue weighted by molar-refractivity contribution is 5.89. The van der Waals surface area contributed by atoms with E-state index in [9.17, 15) is 19.5 Å². The molecule has 0 heterocycles. The summed E-state index contributed by atoms with van der Waals surface area (Å²) in [5.74, 6) is 0.438. The molecule has 3 aliphatic rings. The number of hydrogen-bond acceptors (Lipinski definition) is 4. The summed E-state index contributed by atoms with van der Waals surface area (Å²) in [7, 11) is 0. The molecule has 4 heteroatoms. The Morgan fingerprint density at radius 3 is 2.52 bits per heavy atom. The summed E-state index contributed by atoms with van der Waals surface area (Å²) in [6.07, 6.45) is 9.49. The molecule has 0 spiro atoms. The lowest BCUT2D eigenvalue weighted by Crippen LogP contribution is -2.56. The standard InChI is InChI=1S/C23H32O4/c1-5-15-6-7-16-17-8-9-18(20(27)13-24)23(17,4)12-19(26)21(16)22(15,3)11-10-14(2)25/h5,10-11,15-18,21,24H,1,6-9,12-13H2,2-4H3/b11-10-/t15?,16-,17?,18+,21?,22-,23-/m0/s1. The molecule has 27 heavy (non-hydrogen) atoms. The van der Waals surface area contributed by atoms with Gasteiger partial charge in [-0.2, -0.15) is 0 Å². The zero-order chi connectivity index (χ0) is 20.0. The van der Waals surface area contributed by atoms with Gasteiger partial charge >= 0.3 is 0 Å². The zero-order valence-electron chi connectivity index (χ0n) is 16.7. The van der Waals surface area contributed by atoms with E-state index in [1.165, 1.54) is 6.92 Å². The Morgan fingerprint density at radius 1 is 1.22 bits per heavy atom. The van der Waals surface area contributed by atoms with Gasteiger partial charge in [0, 0.05) is 23.7 Å². The minimum absolute atomic E-state index is 0.0104. The number of allylic oxidation sites excluding steroid dienone is 3. The van der Waals surface area contributed by atoms with Crippen molar-refractivity contribution < 1.29 is 19.5 Å². The molecular formula is C23H32O4. The molecule has 3 unspecified atom stereocenters. The Balaban J connectivity index is 2.01. The maximum Gasteiger partial charge on any atom is 0.161 e. The fourth-order valence-corrected chi connectivity index (χ4v) is 6.80. The van der Waals surface area contributed by atoms with Gasteiger partial charge in [-0.3, -0.25) is 14.4 Å². The van der Waals surface area contributed by atoms with Gasteiger partial charge < -0.3 is 5.11 Å². The average Bonchev–Trinajstić information content (AvgIpc) is 2.96. The summed E-state index contributed by atoms with van der Waals surface area (Å²) < 4.78 is 0. The molecule has 0 radical (unpaired) electrons. The lowest BCUT2D eigenvalue weighted by Gasteiger charge is -2.56. The van der Waals surface area contributed by atoms with E-state index in [0.29, 0.717) is 12.3 Å². The first-order valence-electron chi connectivity index (χ1n) is 10.2. The van der Waals surface area contributed by atoms with Crippen molar-refractivity contribution in [2.45, 2.75) is 52.9 Å². The van der Waals surface area contributed by atoms with Crippen molar-refractivity contribution in [2.24, 2.45) is 40.4 Å². The van der Waals surface area contributed by atoms with E-state index in [4.69, 9.17) is 0 Å². The predicted octanol–water partition coefficient (Wildman–Crippen LogP) is 3.53. The lowest BCUT2D eigenvalue weighted by molar-refractivity contribution is -0.150. The van der Waals surface area contributed by atoms with Crippen LogP contribution in [-0.2, 0) is 14.4 Å². The van der Waals surface area contributed by atoms with E-state index in [0.717, 1.165) is 25.7 Å². The molecule has 3 saturated carbocycles. The van der Waals surface area contributed by atoms with Crippen LogP contribution in [0.3, 0.4) is 0 Å². The van der Waals surface area contributed by atoms with Crippen molar-refractivity contribution in [3.63, 3.8) is 0 Å². The van der Waals surface area contributed by atoms with E-state index in [1.54, 1.807) is 6.08 Å². The second kappa shape index (κ2) is 7.12. The molecule has 0 aromatic heterocycles. The molecule has 0 bridgehead atoms. The van der Waals surface area contributed by atoms with Crippen LogP contribution in [0.1, 0.15) is 52.9 Å². The van der Waals surface area contributed by atoms with Crippen LogP contribution in [0.15, 0.2) is 24.8 Å². The third-order valence-corrected chi connectivity index (χ3v) is 8.04. The SMILES string of the molecule is C=CC1CC[C@@H]2C(C(=O)C[C@@]3(C)C2CC[C@@H]3C(=O)CO)[C@@]1(C)/C=C\C(C)=O. The number of hydrogen-bond donors (Lipinski definition) is 1. The molecule has 0 saturated heterocycles. The van der Waals surface area contributed by atoms with Crippen LogP contribution in [0.4, 0.5) is 0 Å². The van der Waals surface area contributed by atoms with Crippen LogP contribution in [0.25, 0.3) is 0 Å². The normalized spacial score (nSPS) is 44.0. The quantitative estimate of drug-likeness (QED) is 0.592. The Morgan fingerprint density at radius 2 is 1.93 bits per heavy atom. The highest BCUT2D eigenvalue weighted by Crippen LogP contribution is 2.64. The molecule has 3 aliphatic carbocycles. The smallest absolute Gasteiger partial charge is 0.161 e. The van der Waals surface area contributed by atoms with E-state index in [-0.39, 0.29) is 46.4 Å². The van der Waals surface area contributed by atoms with E-state index < -0.39 is 12.0 Å². The minimum Gasteiger partial charge on any atom is -0.389 e. The van der Waals surface area contributed by atoms with Crippen molar-refractivity contribution in [1.82, 2.24) is 0 Å². The van der Waals surface area contributed by atoms with Gasteiger partial charge in [-0.1, -0.05) is 26.0 Å². The maximum absolute atomic E-state index is 13.4. The molecule has 0 aromatic carbocycles. The largest absolute Gasteiger partial charge is 0.389 e. The van der Waals surface area contributed by atoms with Crippen molar-refractivity contribution in [1.29, 1.82) is 0 Å². The van der Waals surface area contributed by atoms with Gasteiger partial charge in [0.05, 0.1) is 0 Å². The minimum atomic E-state index is -0.438. The van der Waals surface area contributed by atoms with Gasteiger partial charge in [-0.25, -0.2) is 0 Å². The summed E-state index contributed by atoms with van der Waals surface area (Å²) in [5, 5.41) is 9.38. The molecule has 4 nitrogen and oxygen atoms in total. The molecule has 0 aliphatic heterocycles. The summed E-state index contributed by atoms with van der Waals surface area (Å²) in [5.41, 5.74) is -0.752. The van der Waals surface area contributed by atoms with Crippen LogP contribution in [0.5, 0.6) is 0 Å². The third kappa shape index (κ3) is 3.06. The monoisotopic (exact) mass is 372 g/mol. The Labute approximate surface area is 162 Å². The highest BCUT2D eigenvalue weighted by Gasteiger charge is 2.62. The third-order valence-electron chi connectivity index (χ3n) is 8.04. The summed E-state index contributed by atoms with van der Waals surface area (Å²) in [6.45, 7) is 9.27. The molecular weight excluding hydrogens is 340 g/mol. The number of ketones is 3. The fourth-order valence-electron chi connectivity index (χ4n) is 6.80. The van der Waals surface area contributed by atoms with Gasteiger partial charge in [0.25, 0.3) is 0 Å². The van der Waals surface area contributed by atoms with Crippen molar-refractivity contribution in [3.05, 3.63) is 24.8 Å². The van der Waals surface area contributed by atoms with Crippen molar-refractivity contribution in [2.75, 3.05) is 6.61 Å². The summed E-state index contributed by atoms with van der Waals surface area (Å²) in [6, 6.07) is 0. The summed E-state index contributed by atoms with van der Waals surface area (Å²) in [4.78, 5) is 37.3. The summed E-state index contributed by atoms with van der Waals surface area (Å²) >= 11 is 0. The number of aliphatic hydroxyl groups excluding tert-OH is 1. The average molecular weight is 373 g/mol. The van der Waals surface area contributed by atoms with Gasteiger partial charge in [-0.15, -0.1) is 6.58 Å². The number of Topliss-reactive ketones (excluding diaryl/α,β-unsaturated/α-hetero) is 2. The van der Waals surface area contributed by atoms with Crippen LogP contribution < -0.4 is 0 Å². The van der Waals surface area contributed by atoms with Crippen LogP contribution in [-0.4, -0.2) is 29.1 Å². The number of carbonyl (C=O) groups excluding carboxylic acids is 3. The van der Waals surface area contributed by atoms with Gasteiger partial charge in [0.1, 0.15) is 12.4 Å². The van der Waals surface area contributed by atoms with Gasteiger partial charge in [0.15, 0.2) is 11.6 Å². The number of carbonyl (C=O) groups is 3. The van der Waals surface area contributed by atoms with E-state index in [2.05, 4.69) is 20.4 Å². The topological polar surface area (TPSA) is 71.4 Å². The predicted molar refractivity (Wildman–Crippen MR) is 104 cm³/mol. The molecule has 3 rings (SSSR count). The number of fused-ring (bicyclic) bond motifs is 3. The van der Waals surface area contributed by atoms with Gasteiger partial charge in [0.2, 0.25) is 0 Å². The second-order valence-electron chi connectivity index (χ2n) is 9.38. The number of rotatable bonds is 5. The molecule has 7 atom stereocenters. The van der Waals surface area contributed by atoms with Crippen molar-refractivity contribution in [3.8, 4) is 0 Å². The molecule has 3 fully saturated rings. The highest BCUT2D eigenvalue weighted by atomic mass is 16.3. The van der Waals surface area contributed by atoms with Crippen LogP contribution >= 0.6 is 0 Å². The fraction of sp³-hybridized carbons (Fsp3) is 0.696. The van der Waals surface area contributed by atoms with Crippen LogP contribution in [0, 0.1) is 40.4 Å². The second-order valence-corrected chi connectivity index (χ2v) is 9.38. The molecule has 0 amide bonds. The van der Waals surface area contributed by atoms with Crippen LogP contribution in [0.2, 0.25) is 0 Å². The first-order chi connectivity index (χ1) is 12.7. The Hall–Kier alpha value is -1.55. The Kier molecular flexibility index (Phi) is 5.33. The van der Waals surface area contributed by atoms with Crippen molar-refractivity contribution >= 4 is 17.3 Å². The van der Waals surface area contributed by atoms with E-state index >= 15 is 0 Å². The van der Waals surface area contributed by atoms with Gasteiger partial charge in [-0.05, 0) is 61.9 Å². The first-order valence-corrected chi connectivity index (χ1v) is 10.2. The molecule has 0 aromatic rings. The zero-order valence-corrected chi connectivity index (χ0v) is 16.7. The molecule has 148 valence electrons. The Bertz CT molecular complexity index is 692. The molecule has 1 N–H and O–H groups in total. The first kappa shape index (κ1) is 20.2. The maximum atomic E-state index is 13.4. The number of aliphatic hydroxyl groups is 1. The lowest BCUT2D eigenvalue weighted by atomic mass is 9.46. The van der Waals surface area contributed by atoms with E-state index in [1.807, 2.05) is 12.2 Å².